The largest absolute Gasteiger partial charge is 0.374 e. The van der Waals surface area contributed by atoms with Gasteiger partial charge < -0.3 is 10.6 Å². The van der Waals surface area contributed by atoms with Crippen LogP contribution in [0, 0.1) is 5.92 Å². The summed E-state index contributed by atoms with van der Waals surface area (Å²) in [5, 5.41) is 0. The van der Waals surface area contributed by atoms with Gasteiger partial charge in [0.2, 0.25) is 0 Å². The summed E-state index contributed by atoms with van der Waals surface area (Å²) in [6, 6.07) is 6.49. The molecule has 0 saturated heterocycles. The molecule has 0 aliphatic heterocycles. The molecule has 0 atom stereocenters. The first-order valence-electron chi connectivity index (χ1n) is 5.74. The molecule has 0 fully saturated rings. The predicted octanol–water partition coefficient (Wildman–Crippen LogP) is 3.04. The monoisotopic (exact) mass is 284 g/mol. The first-order chi connectivity index (χ1) is 7.54. The van der Waals surface area contributed by atoms with E-state index in [1.165, 1.54) is 11.3 Å². The van der Waals surface area contributed by atoms with Gasteiger partial charge in [0, 0.05) is 23.8 Å². The lowest BCUT2D eigenvalue weighted by atomic mass is 10.1. The van der Waals surface area contributed by atoms with Crippen LogP contribution in [0.15, 0.2) is 22.7 Å². The highest BCUT2D eigenvalue weighted by atomic mass is 79.9. The first-order valence-corrected chi connectivity index (χ1v) is 6.53. The molecule has 0 radical (unpaired) electrons. The Labute approximate surface area is 107 Å². The van der Waals surface area contributed by atoms with Crippen molar-refractivity contribution in [2.45, 2.75) is 20.3 Å². The molecule has 0 aliphatic carbocycles. The second-order valence-corrected chi connectivity index (χ2v) is 5.44. The van der Waals surface area contributed by atoms with Crippen LogP contribution in [-0.2, 0) is 6.42 Å². The minimum absolute atomic E-state index is 0.674. The summed E-state index contributed by atoms with van der Waals surface area (Å²) in [7, 11) is 2.13. The highest BCUT2D eigenvalue weighted by Crippen LogP contribution is 2.24. The van der Waals surface area contributed by atoms with E-state index in [1.54, 1.807) is 0 Å². The van der Waals surface area contributed by atoms with Crippen molar-refractivity contribution in [2.24, 2.45) is 11.7 Å². The summed E-state index contributed by atoms with van der Waals surface area (Å²) in [4.78, 5) is 2.28. The summed E-state index contributed by atoms with van der Waals surface area (Å²) in [5.41, 5.74) is 8.09. The van der Waals surface area contributed by atoms with Crippen molar-refractivity contribution in [3.8, 4) is 0 Å². The Morgan fingerprint density at radius 1 is 1.38 bits per heavy atom. The van der Waals surface area contributed by atoms with Crippen LogP contribution in [0.2, 0.25) is 0 Å². The zero-order valence-corrected chi connectivity index (χ0v) is 11.9. The molecule has 0 amide bonds. The second kappa shape index (κ2) is 6.26. The zero-order chi connectivity index (χ0) is 12.1. The van der Waals surface area contributed by atoms with Crippen LogP contribution < -0.4 is 10.6 Å². The van der Waals surface area contributed by atoms with E-state index in [2.05, 4.69) is 59.9 Å². The van der Waals surface area contributed by atoms with Gasteiger partial charge >= 0.3 is 0 Å². The van der Waals surface area contributed by atoms with Crippen molar-refractivity contribution in [2.75, 3.05) is 25.0 Å². The number of benzene rings is 1. The number of nitrogens with two attached hydrogens (primary N) is 1. The Balaban J connectivity index is 2.79. The highest BCUT2D eigenvalue weighted by molar-refractivity contribution is 9.10. The van der Waals surface area contributed by atoms with E-state index in [9.17, 15) is 0 Å². The standard InChI is InChI=1S/C13H21BrN2/c1-10(2)9-16(3)12-5-4-11(6-7-15)13(14)8-12/h4-5,8,10H,6-7,9,15H2,1-3H3. The second-order valence-electron chi connectivity index (χ2n) is 4.59. The summed E-state index contributed by atoms with van der Waals surface area (Å²) in [5.74, 6) is 0.674. The molecule has 90 valence electrons. The lowest BCUT2D eigenvalue weighted by Crippen LogP contribution is -2.22. The van der Waals surface area contributed by atoms with Crippen molar-refractivity contribution in [1.82, 2.24) is 0 Å². The van der Waals surface area contributed by atoms with Gasteiger partial charge in [-0.05, 0) is 36.6 Å². The fourth-order valence-corrected chi connectivity index (χ4v) is 2.35. The minimum atomic E-state index is 0.674. The molecule has 1 rings (SSSR count). The van der Waals surface area contributed by atoms with E-state index in [0.717, 1.165) is 17.4 Å². The summed E-state index contributed by atoms with van der Waals surface area (Å²) in [6.45, 7) is 6.23. The van der Waals surface area contributed by atoms with Crippen molar-refractivity contribution < 1.29 is 0 Å². The predicted molar refractivity (Wildman–Crippen MR) is 75.0 cm³/mol. The number of hydrogen-bond acceptors (Lipinski definition) is 2. The third kappa shape index (κ3) is 3.80. The molecule has 1 aromatic carbocycles. The maximum absolute atomic E-state index is 5.56. The van der Waals surface area contributed by atoms with Crippen molar-refractivity contribution >= 4 is 21.6 Å². The van der Waals surface area contributed by atoms with Crippen LogP contribution in [-0.4, -0.2) is 20.1 Å². The SMILES string of the molecule is CC(C)CN(C)c1ccc(CCN)c(Br)c1. The first kappa shape index (κ1) is 13.5. The molecule has 0 bridgehead atoms. The molecule has 3 heteroatoms. The van der Waals surface area contributed by atoms with Gasteiger partial charge in [-0.2, -0.15) is 0 Å². The van der Waals surface area contributed by atoms with Crippen LogP contribution >= 0.6 is 15.9 Å². The summed E-state index contributed by atoms with van der Waals surface area (Å²) >= 11 is 3.60. The molecule has 1 aromatic rings. The number of anilines is 1. The molecule has 0 unspecified atom stereocenters. The van der Waals surface area contributed by atoms with Crippen molar-refractivity contribution in [3.63, 3.8) is 0 Å². The molecular weight excluding hydrogens is 264 g/mol. The van der Waals surface area contributed by atoms with E-state index in [-0.39, 0.29) is 0 Å². The molecule has 2 nitrogen and oxygen atoms in total. The summed E-state index contributed by atoms with van der Waals surface area (Å²) < 4.78 is 1.16. The van der Waals surface area contributed by atoms with Gasteiger partial charge in [0.15, 0.2) is 0 Å². The lowest BCUT2D eigenvalue weighted by Gasteiger charge is -2.22. The van der Waals surface area contributed by atoms with Crippen LogP contribution in [0.5, 0.6) is 0 Å². The normalized spacial score (nSPS) is 10.9. The topological polar surface area (TPSA) is 29.3 Å². The third-order valence-electron chi connectivity index (χ3n) is 2.53. The molecule has 0 aliphatic rings. The minimum Gasteiger partial charge on any atom is -0.374 e. The quantitative estimate of drug-likeness (QED) is 0.901. The molecule has 0 spiro atoms. The Kier molecular flexibility index (Phi) is 5.29. The van der Waals surface area contributed by atoms with E-state index >= 15 is 0 Å². The molecule has 0 heterocycles. The van der Waals surface area contributed by atoms with Gasteiger partial charge in [-0.3, -0.25) is 0 Å². The van der Waals surface area contributed by atoms with Gasteiger partial charge in [-0.15, -0.1) is 0 Å². The highest BCUT2D eigenvalue weighted by Gasteiger charge is 2.06. The van der Waals surface area contributed by atoms with Gasteiger partial charge in [0.05, 0.1) is 0 Å². The fraction of sp³-hybridized carbons (Fsp3) is 0.538. The Hall–Kier alpha value is -0.540. The van der Waals surface area contributed by atoms with Crippen LogP contribution in [0.3, 0.4) is 0 Å². The summed E-state index contributed by atoms with van der Waals surface area (Å²) in [6.07, 6.45) is 0.925. The average Bonchev–Trinajstić information content (AvgIpc) is 2.20. The van der Waals surface area contributed by atoms with E-state index in [4.69, 9.17) is 5.73 Å². The number of halogens is 1. The smallest absolute Gasteiger partial charge is 0.0375 e. The van der Waals surface area contributed by atoms with Gasteiger partial charge in [0.1, 0.15) is 0 Å². The maximum Gasteiger partial charge on any atom is 0.0375 e. The third-order valence-corrected chi connectivity index (χ3v) is 3.27. The number of hydrogen-bond donors (Lipinski definition) is 1. The van der Waals surface area contributed by atoms with Crippen LogP contribution in [0.4, 0.5) is 5.69 Å². The maximum atomic E-state index is 5.56. The Bertz CT molecular complexity index is 337. The van der Waals surface area contributed by atoms with E-state index < -0.39 is 0 Å². The van der Waals surface area contributed by atoms with E-state index in [0.29, 0.717) is 12.5 Å². The number of rotatable bonds is 5. The van der Waals surface area contributed by atoms with Crippen molar-refractivity contribution in [1.29, 1.82) is 0 Å². The molecule has 2 N–H and O–H groups in total. The number of nitrogens with zero attached hydrogens (tertiary/aromatic N) is 1. The zero-order valence-electron chi connectivity index (χ0n) is 10.3. The lowest BCUT2D eigenvalue weighted by molar-refractivity contribution is 0.638. The van der Waals surface area contributed by atoms with Crippen LogP contribution in [0.25, 0.3) is 0 Å². The fourth-order valence-electron chi connectivity index (χ4n) is 1.79. The molecule has 16 heavy (non-hydrogen) atoms. The molecule has 0 saturated carbocycles. The Morgan fingerprint density at radius 2 is 2.06 bits per heavy atom. The Morgan fingerprint density at radius 3 is 2.56 bits per heavy atom. The average molecular weight is 285 g/mol. The van der Waals surface area contributed by atoms with Crippen LogP contribution in [0.1, 0.15) is 19.4 Å². The molecular formula is C13H21BrN2. The van der Waals surface area contributed by atoms with Gasteiger partial charge in [0.25, 0.3) is 0 Å². The van der Waals surface area contributed by atoms with Crippen molar-refractivity contribution in [3.05, 3.63) is 28.2 Å². The van der Waals surface area contributed by atoms with Gasteiger partial charge in [-0.1, -0.05) is 35.8 Å². The van der Waals surface area contributed by atoms with Gasteiger partial charge in [-0.25, -0.2) is 0 Å². The molecule has 0 aromatic heterocycles. The van der Waals surface area contributed by atoms with E-state index in [1.807, 2.05) is 0 Å².